The van der Waals surface area contributed by atoms with E-state index in [1.165, 1.54) is 20.1 Å². The molecule has 0 aromatic heterocycles. The van der Waals surface area contributed by atoms with Crippen molar-refractivity contribution in [3.63, 3.8) is 0 Å². The maximum atomic E-state index is 14.5. The van der Waals surface area contributed by atoms with E-state index in [1.54, 1.807) is 35.0 Å². The summed E-state index contributed by atoms with van der Waals surface area (Å²) in [5.41, 5.74) is 7.98. The number of aliphatic hydroxyl groups is 3. The molecule has 4 aliphatic rings. The summed E-state index contributed by atoms with van der Waals surface area (Å²) >= 11 is 0. The highest BCUT2D eigenvalue weighted by Crippen LogP contribution is 2.37. The number of Topliss-reactive ketones (excluding diaryl/α,β-unsaturated/α-hetero) is 3. The molecule has 0 aromatic carbocycles. The van der Waals surface area contributed by atoms with E-state index in [-0.39, 0.29) is 62.8 Å². The molecule has 21 heteroatoms. The molecule has 80 heavy (non-hydrogen) atoms. The third kappa shape index (κ3) is 21.2. The number of fused-ring (bicyclic) bond motifs is 3. The number of hydrogen-bond acceptors (Lipinski definition) is 19. The SMILES string of the molecule is COCCOCCOCCOCCNC(=O)O[C@@H]1CC[C@@H](C[C@@H](N)[C@@H]2CC(=O)[C@H](C)/C=C(\C)[C@@H](O)[C@@H](O)C(=O)[C@H](C)C[C@H](C)/C=C/C=C/C=C(\C)[C@@H](OC)C[C@@H]3CC[C@@H](C)[C@@](O)(O3)C(=O)C(=O)N3CCCC[C@H]3C(=O)O2)C[C@H]1OC. The van der Waals surface area contributed by atoms with Gasteiger partial charge in [-0.1, -0.05) is 64.2 Å². The first-order valence-electron chi connectivity index (χ1n) is 28.7. The molecule has 3 fully saturated rings. The van der Waals surface area contributed by atoms with Crippen LogP contribution >= 0.6 is 0 Å². The van der Waals surface area contributed by atoms with Gasteiger partial charge in [0.05, 0.1) is 64.6 Å². The largest absolute Gasteiger partial charge is 0.459 e. The monoisotopic (exact) mass is 1130 g/mol. The van der Waals surface area contributed by atoms with Gasteiger partial charge in [0.15, 0.2) is 5.78 Å². The second-order valence-electron chi connectivity index (χ2n) is 22.2. The molecule has 3 heterocycles. The topological polar surface area (TPSA) is 287 Å². The number of cyclic esters (lactones) is 1. The standard InChI is InChI=1S/C59H95N3O18/c1-37-15-11-10-12-16-38(2)49(73-8)35-44-20-18-42(6)59(71,80-44)55(67)56(68)62-23-14-13-17-46(62)57(69)78-50(36-47(63)39(3)32-41(5)53(65)54(66)52(64)40(4)31-37)45(60)33-43-19-21-48(51(34-43)74-9)79-58(70)61-22-24-75-27-28-77-30-29-76-26-25-72-7/h10-12,15-16,32,37,39-40,42-46,48-51,53-54,65-66,71H,13-14,17-31,33-36,60H2,1-9H3,(H,61,70)/b12-10+,15-11+,38-16+,41-32+/t37-,39-,40-,42-,43+,44+,45-,46+,48-,49+,50+,51-,53-,54+,59-/m1/s1. The molecule has 6 N–H and O–H groups in total. The third-order valence-electron chi connectivity index (χ3n) is 15.9. The number of carbonyl (C=O) groups excluding carboxylic acids is 6. The highest BCUT2D eigenvalue weighted by Gasteiger charge is 2.53. The molecule has 4 rings (SSSR count). The lowest BCUT2D eigenvalue weighted by Crippen LogP contribution is -2.61. The van der Waals surface area contributed by atoms with Crippen molar-refractivity contribution in [1.82, 2.24) is 10.2 Å². The Morgan fingerprint density at radius 2 is 1.49 bits per heavy atom. The zero-order valence-corrected chi connectivity index (χ0v) is 48.9. The Labute approximate surface area is 473 Å². The summed E-state index contributed by atoms with van der Waals surface area (Å²) in [7, 11) is 4.67. The zero-order chi connectivity index (χ0) is 58.9. The van der Waals surface area contributed by atoms with Crippen LogP contribution in [0.2, 0.25) is 0 Å². The lowest BCUT2D eigenvalue weighted by Gasteiger charge is -2.42. The van der Waals surface area contributed by atoms with Gasteiger partial charge >= 0.3 is 12.1 Å². The second kappa shape index (κ2) is 35.0. The molecule has 0 radical (unpaired) electrons. The van der Waals surface area contributed by atoms with Crippen LogP contribution in [0.1, 0.15) is 119 Å². The molecular weight excluding hydrogens is 1040 g/mol. The van der Waals surface area contributed by atoms with Crippen LogP contribution in [0.3, 0.4) is 0 Å². The van der Waals surface area contributed by atoms with Gasteiger partial charge in [0.2, 0.25) is 5.79 Å². The van der Waals surface area contributed by atoms with Gasteiger partial charge in [0.1, 0.15) is 36.2 Å². The molecule has 2 bridgehead atoms. The minimum absolute atomic E-state index is 0.0137. The molecule has 2 saturated heterocycles. The summed E-state index contributed by atoms with van der Waals surface area (Å²) in [6.45, 7) is 13.3. The fraction of sp³-hybridized carbons (Fsp3) is 0.763. The quantitative estimate of drug-likeness (QED) is 0.0540. The number of ketones is 3. The predicted molar refractivity (Wildman–Crippen MR) is 296 cm³/mol. The predicted octanol–water partition coefficient (Wildman–Crippen LogP) is 4.65. The Hall–Kier alpha value is -4.26. The van der Waals surface area contributed by atoms with Gasteiger partial charge in [-0.05, 0) is 101 Å². The number of rotatable bonds is 18. The lowest BCUT2D eigenvalue weighted by atomic mass is 9.80. The van der Waals surface area contributed by atoms with Crippen molar-refractivity contribution in [2.24, 2.45) is 35.3 Å². The van der Waals surface area contributed by atoms with Crippen LogP contribution in [-0.4, -0.2) is 197 Å². The van der Waals surface area contributed by atoms with Gasteiger partial charge < -0.3 is 73.9 Å². The fourth-order valence-corrected chi connectivity index (χ4v) is 10.9. The van der Waals surface area contributed by atoms with Crippen molar-refractivity contribution >= 4 is 35.3 Å². The van der Waals surface area contributed by atoms with E-state index in [2.05, 4.69) is 5.32 Å². The number of methoxy groups -OCH3 is 3. The average Bonchev–Trinajstić information content (AvgIpc) is 3.45. The molecule has 0 unspecified atom stereocenters. The van der Waals surface area contributed by atoms with Crippen LogP contribution in [0.25, 0.3) is 0 Å². The van der Waals surface area contributed by atoms with Crippen molar-refractivity contribution in [1.29, 1.82) is 0 Å². The van der Waals surface area contributed by atoms with Crippen LogP contribution in [0.5, 0.6) is 0 Å². The molecular formula is C59H95N3O18. The first-order valence-corrected chi connectivity index (χ1v) is 28.7. The van der Waals surface area contributed by atoms with Gasteiger partial charge in [-0.25, -0.2) is 9.59 Å². The van der Waals surface area contributed by atoms with E-state index < -0.39 is 114 Å². The van der Waals surface area contributed by atoms with Crippen LogP contribution in [0.4, 0.5) is 4.79 Å². The Kier molecular flexibility index (Phi) is 29.9. The van der Waals surface area contributed by atoms with Crippen molar-refractivity contribution < 1.29 is 86.7 Å². The van der Waals surface area contributed by atoms with E-state index in [0.717, 1.165) is 10.5 Å². The molecule has 454 valence electrons. The summed E-state index contributed by atoms with van der Waals surface area (Å²) in [6, 6.07) is -2.20. The number of amides is 2. The minimum atomic E-state index is -2.49. The molecule has 15 atom stereocenters. The third-order valence-corrected chi connectivity index (χ3v) is 15.9. The van der Waals surface area contributed by atoms with Crippen LogP contribution in [0.15, 0.2) is 47.6 Å². The highest BCUT2D eigenvalue weighted by molar-refractivity contribution is 6.39. The van der Waals surface area contributed by atoms with Crippen molar-refractivity contribution in [2.75, 3.05) is 80.7 Å². The van der Waals surface area contributed by atoms with Crippen molar-refractivity contribution in [2.45, 2.75) is 179 Å². The van der Waals surface area contributed by atoms with Crippen LogP contribution in [-0.2, 0) is 66.6 Å². The Morgan fingerprint density at radius 1 is 0.800 bits per heavy atom. The average molecular weight is 1130 g/mol. The first-order chi connectivity index (χ1) is 38.1. The number of nitrogens with two attached hydrogens (primary N) is 1. The first kappa shape index (κ1) is 68.2. The molecule has 2 amide bonds. The normalized spacial score (nSPS) is 34.9. The number of hydrogen-bond donors (Lipinski definition) is 5. The molecule has 0 aromatic rings. The number of alkyl carbamates (subject to hydrolysis) is 1. The highest BCUT2D eigenvalue weighted by atomic mass is 16.6. The molecule has 3 aliphatic heterocycles. The summed E-state index contributed by atoms with van der Waals surface area (Å²) in [5, 5.41) is 37.0. The number of nitrogens with one attached hydrogen (secondary N) is 1. The number of allylic oxidation sites excluding steroid dienone is 6. The van der Waals surface area contributed by atoms with Gasteiger partial charge in [-0.3, -0.25) is 19.2 Å². The van der Waals surface area contributed by atoms with E-state index in [9.17, 15) is 44.1 Å². The summed E-state index contributed by atoms with van der Waals surface area (Å²) in [4.78, 5) is 84.8. The number of esters is 1. The summed E-state index contributed by atoms with van der Waals surface area (Å²) in [6.07, 6.45) is 7.21. The second-order valence-corrected chi connectivity index (χ2v) is 22.2. The Bertz CT molecular complexity index is 2100. The van der Waals surface area contributed by atoms with Gasteiger partial charge in [-0.2, -0.15) is 0 Å². The molecule has 0 spiro atoms. The maximum absolute atomic E-state index is 14.5. The number of aliphatic hydroxyl groups excluding tert-OH is 2. The number of carbonyl (C=O) groups is 6. The van der Waals surface area contributed by atoms with Crippen LogP contribution < -0.4 is 11.1 Å². The summed E-state index contributed by atoms with van der Waals surface area (Å²) < 4.78 is 51.0. The Balaban J connectivity index is 1.53. The zero-order valence-electron chi connectivity index (χ0n) is 48.9. The van der Waals surface area contributed by atoms with Crippen LogP contribution in [0, 0.1) is 29.6 Å². The minimum Gasteiger partial charge on any atom is -0.459 e. The summed E-state index contributed by atoms with van der Waals surface area (Å²) in [5.74, 6) is -9.12. The maximum Gasteiger partial charge on any atom is 0.407 e. The van der Waals surface area contributed by atoms with Gasteiger partial charge in [-0.15, -0.1) is 0 Å². The lowest BCUT2D eigenvalue weighted by molar-refractivity contribution is -0.265. The van der Waals surface area contributed by atoms with E-state index in [4.69, 9.17) is 48.4 Å². The molecule has 1 saturated carbocycles. The van der Waals surface area contributed by atoms with Gasteiger partial charge in [0.25, 0.3) is 11.7 Å². The fourth-order valence-electron chi connectivity index (χ4n) is 10.9. The smallest absolute Gasteiger partial charge is 0.407 e. The number of ether oxygens (including phenoxy) is 9. The van der Waals surface area contributed by atoms with Gasteiger partial charge in [0, 0.05) is 71.1 Å². The Morgan fingerprint density at radius 3 is 2.16 bits per heavy atom. The van der Waals surface area contributed by atoms with E-state index >= 15 is 0 Å². The van der Waals surface area contributed by atoms with Crippen molar-refractivity contribution in [3.8, 4) is 0 Å². The van der Waals surface area contributed by atoms with E-state index in [0.29, 0.717) is 91.0 Å². The molecule has 21 nitrogen and oxygen atoms in total. The molecule has 1 aliphatic carbocycles. The number of piperidine rings is 1. The van der Waals surface area contributed by atoms with E-state index in [1.807, 2.05) is 44.2 Å². The number of nitrogens with zero attached hydrogens (tertiary/aromatic N) is 1. The van der Waals surface area contributed by atoms with Crippen molar-refractivity contribution in [3.05, 3.63) is 47.6 Å².